The van der Waals surface area contributed by atoms with E-state index in [-0.39, 0.29) is 48.4 Å². The van der Waals surface area contributed by atoms with Gasteiger partial charge in [0.25, 0.3) is 5.91 Å². The molecule has 0 atom stereocenters. The molecule has 0 aliphatic carbocycles. The number of alkyl halides is 3. The Morgan fingerprint density at radius 3 is 2.38 bits per heavy atom. The first-order chi connectivity index (χ1) is 18.6. The summed E-state index contributed by atoms with van der Waals surface area (Å²) in [5.41, 5.74) is 2.84. The van der Waals surface area contributed by atoms with Crippen LogP contribution in [0.5, 0.6) is 0 Å². The van der Waals surface area contributed by atoms with Crippen molar-refractivity contribution in [3.05, 3.63) is 64.1 Å². The van der Waals surface area contributed by atoms with Crippen LogP contribution in [-0.4, -0.2) is 61.7 Å². The zero-order chi connectivity index (χ0) is 29.5. The molecule has 0 aromatic heterocycles. The molecular weight excluding hydrogens is 567 g/mol. The minimum absolute atomic E-state index is 0.0319. The van der Waals surface area contributed by atoms with Crippen LogP contribution in [0.2, 0.25) is 0 Å². The molecule has 3 N–H and O–H groups in total. The molecule has 0 saturated carbocycles. The SMILES string of the molecule is Cc1cc(N(C)C(N)=O)cc(C)c1/C=C/S(=O)(=O)N1CCC2(CC1)N=C(c1cccc(SC(F)(F)F)c1)NC2=O. The number of aryl methyl sites for hydroxylation is 2. The van der Waals surface area contributed by atoms with Gasteiger partial charge >= 0.3 is 11.5 Å². The quantitative estimate of drug-likeness (QED) is 0.486. The maximum absolute atomic E-state index is 13.1. The van der Waals surface area contributed by atoms with Crippen LogP contribution >= 0.6 is 11.8 Å². The fourth-order valence-electron chi connectivity index (χ4n) is 4.72. The van der Waals surface area contributed by atoms with Gasteiger partial charge in [0.1, 0.15) is 11.4 Å². The van der Waals surface area contributed by atoms with Crippen LogP contribution in [0.25, 0.3) is 6.08 Å². The number of anilines is 1. The molecule has 2 aromatic rings. The Morgan fingerprint density at radius 1 is 1.18 bits per heavy atom. The zero-order valence-electron chi connectivity index (χ0n) is 21.9. The summed E-state index contributed by atoms with van der Waals surface area (Å²) in [6.45, 7) is 3.68. The number of halogens is 3. The van der Waals surface area contributed by atoms with Crippen LogP contribution in [0.15, 0.2) is 51.7 Å². The summed E-state index contributed by atoms with van der Waals surface area (Å²) in [7, 11) is -2.29. The highest BCUT2D eigenvalue weighted by molar-refractivity contribution is 8.00. The van der Waals surface area contributed by atoms with Crippen molar-refractivity contribution in [3.63, 3.8) is 0 Å². The predicted molar refractivity (Wildman–Crippen MR) is 148 cm³/mol. The van der Waals surface area contributed by atoms with Gasteiger partial charge in [-0.3, -0.25) is 14.7 Å². The molecule has 1 spiro atoms. The fourth-order valence-corrected chi connectivity index (χ4v) is 6.49. The standard InChI is InChI=1S/C26H28F3N5O4S2/c1-16-13-19(33(3)24(30)36)14-17(2)21(16)7-12-40(37,38)34-10-8-25(9-11-34)23(35)31-22(32-25)18-5-4-6-20(15-18)39-26(27,28)29/h4-7,12-15H,8-11H2,1-3H3,(H2,30,36)(H,31,32,35)/b12-7+. The predicted octanol–water partition coefficient (Wildman–Crippen LogP) is 4.14. The number of thioether (sulfide) groups is 1. The van der Waals surface area contributed by atoms with E-state index in [1.807, 2.05) is 0 Å². The molecule has 2 aliphatic heterocycles. The highest BCUT2D eigenvalue weighted by Crippen LogP contribution is 2.38. The molecule has 2 heterocycles. The van der Waals surface area contributed by atoms with Gasteiger partial charge in [0.2, 0.25) is 10.0 Å². The summed E-state index contributed by atoms with van der Waals surface area (Å²) in [4.78, 5) is 30.1. The van der Waals surface area contributed by atoms with Crippen LogP contribution in [0, 0.1) is 13.8 Å². The van der Waals surface area contributed by atoms with Crippen molar-refractivity contribution in [1.82, 2.24) is 9.62 Å². The van der Waals surface area contributed by atoms with Gasteiger partial charge in [-0.05, 0) is 85.5 Å². The van der Waals surface area contributed by atoms with Crippen LogP contribution in [0.3, 0.4) is 0 Å². The van der Waals surface area contributed by atoms with Crippen LogP contribution in [0.4, 0.5) is 23.7 Å². The third-order valence-electron chi connectivity index (χ3n) is 6.93. The van der Waals surface area contributed by atoms with E-state index in [0.717, 1.165) is 16.5 Å². The Bertz CT molecular complexity index is 1490. The fraction of sp³-hybridized carbons (Fsp3) is 0.346. The minimum atomic E-state index is -4.45. The van der Waals surface area contributed by atoms with Crippen LogP contribution < -0.4 is 16.0 Å². The maximum atomic E-state index is 13.1. The van der Waals surface area contributed by atoms with E-state index in [0.29, 0.717) is 16.8 Å². The van der Waals surface area contributed by atoms with E-state index in [1.54, 1.807) is 39.1 Å². The lowest BCUT2D eigenvalue weighted by Crippen LogP contribution is -2.50. The number of nitrogens with zero attached hydrogens (tertiary/aromatic N) is 3. The second-order valence-electron chi connectivity index (χ2n) is 9.66. The largest absolute Gasteiger partial charge is 0.446 e. The van der Waals surface area contributed by atoms with Gasteiger partial charge in [0, 0.05) is 41.7 Å². The summed E-state index contributed by atoms with van der Waals surface area (Å²) < 4.78 is 65.8. The highest BCUT2D eigenvalue weighted by atomic mass is 32.2. The highest BCUT2D eigenvalue weighted by Gasteiger charge is 2.47. The van der Waals surface area contributed by atoms with Crippen LogP contribution in [-0.2, 0) is 14.8 Å². The lowest BCUT2D eigenvalue weighted by Gasteiger charge is -2.34. The van der Waals surface area contributed by atoms with Crippen molar-refractivity contribution < 1.29 is 31.2 Å². The number of benzene rings is 2. The number of sulfonamides is 1. The van der Waals surface area contributed by atoms with Gasteiger partial charge in [-0.1, -0.05) is 12.1 Å². The van der Waals surface area contributed by atoms with E-state index >= 15 is 0 Å². The summed E-state index contributed by atoms with van der Waals surface area (Å²) >= 11 is -0.256. The summed E-state index contributed by atoms with van der Waals surface area (Å²) in [6.07, 6.45) is 1.75. The third kappa shape index (κ3) is 6.34. The number of hydrogen-bond donors (Lipinski definition) is 2. The molecule has 9 nitrogen and oxygen atoms in total. The second kappa shape index (κ2) is 10.9. The molecular formula is C26H28F3N5O4S2. The first-order valence-corrected chi connectivity index (χ1v) is 14.5. The molecule has 0 unspecified atom stereocenters. The van der Waals surface area contributed by atoms with E-state index in [9.17, 15) is 31.2 Å². The molecule has 1 saturated heterocycles. The Kier molecular flexibility index (Phi) is 8.07. The lowest BCUT2D eigenvalue weighted by atomic mass is 9.89. The Hall–Kier alpha value is -3.36. The number of aliphatic imine (C=N–C) groups is 1. The molecule has 3 amide bonds. The average molecular weight is 596 g/mol. The molecule has 14 heteroatoms. The number of primary amides is 1. The normalized spacial score (nSPS) is 17.8. The Morgan fingerprint density at radius 2 is 1.80 bits per heavy atom. The van der Waals surface area contributed by atoms with Crippen molar-refractivity contribution in [2.24, 2.45) is 10.7 Å². The van der Waals surface area contributed by atoms with E-state index in [4.69, 9.17) is 5.73 Å². The van der Waals surface area contributed by atoms with Gasteiger partial charge < -0.3 is 11.1 Å². The van der Waals surface area contributed by atoms with Crippen molar-refractivity contribution in [2.45, 2.75) is 42.6 Å². The Balaban J connectivity index is 1.48. The maximum Gasteiger partial charge on any atom is 0.446 e. The number of amides is 3. The summed E-state index contributed by atoms with van der Waals surface area (Å²) in [5.74, 6) is -0.238. The smallest absolute Gasteiger partial charge is 0.351 e. The van der Waals surface area contributed by atoms with Gasteiger partial charge in [0.05, 0.1) is 0 Å². The number of hydrogen-bond acceptors (Lipinski definition) is 6. The number of amidine groups is 1. The molecule has 40 heavy (non-hydrogen) atoms. The molecule has 214 valence electrons. The molecule has 1 fully saturated rings. The summed E-state index contributed by atoms with van der Waals surface area (Å²) in [5, 5.41) is 3.78. The molecule has 0 radical (unpaired) electrons. The monoisotopic (exact) mass is 595 g/mol. The van der Waals surface area contributed by atoms with Gasteiger partial charge in [-0.2, -0.15) is 17.5 Å². The second-order valence-corrected chi connectivity index (χ2v) is 12.6. The number of nitrogens with two attached hydrogens (primary N) is 1. The van der Waals surface area contributed by atoms with Crippen molar-refractivity contribution in [3.8, 4) is 0 Å². The topological polar surface area (TPSA) is 125 Å². The molecule has 0 bridgehead atoms. The lowest BCUT2D eigenvalue weighted by molar-refractivity contribution is -0.124. The van der Waals surface area contributed by atoms with E-state index in [2.05, 4.69) is 10.3 Å². The zero-order valence-corrected chi connectivity index (χ0v) is 23.6. The number of nitrogens with one attached hydrogen (secondary N) is 1. The molecule has 4 rings (SSSR count). The van der Waals surface area contributed by atoms with Crippen molar-refractivity contribution in [2.75, 3.05) is 25.0 Å². The average Bonchev–Trinajstić information content (AvgIpc) is 3.17. The van der Waals surface area contributed by atoms with E-state index in [1.165, 1.54) is 33.5 Å². The number of piperidine rings is 1. The first kappa shape index (κ1) is 29.6. The number of urea groups is 1. The number of carbonyl (C=O) groups excluding carboxylic acids is 2. The van der Waals surface area contributed by atoms with Gasteiger partial charge in [-0.25, -0.2) is 13.2 Å². The number of rotatable bonds is 6. The van der Waals surface area contributed by atoms with Crippen LogP contribution in [0.1, 0.15) is 35.1 Å². The number of carbonyl (C=O) groups is 2. The molecule has 2 aromatic carbocycles. The molecule has 2 aliphatic rings. The van der Waals surface area contributed by atoms with E-state index < -0.39 is 33.0 Å². The Labute approximate surface area is 234 Å². The van der Waals surface area contributed by atoms with Crippen molar-refractivity contribution in [1.29, 1.82) is 0 Å². The van der Waals surface area contributed by atoms with Gasteiger partial charge in [-0.15, -0.1) is 0 Å². The minimum Gasteiger partial charge on any atom is -0.351 e. The van der Waals surface area contributed by atoms with Crippen molar-refractivity contribution >= 4 is 51.3 Å². The summed E-state index contributed by atoms with van der Waals surface area (Å²) in [6, 6.07) is 8.50. The first-order valence-electron chi connectivity index (χ1n) is 12.2. The van der Waals surface area contributed by atoms with Gasteiger partial charge in [0.15, 0.2) is 0 Å². The third-order valence-corrected chi connectivity index (χ3v) is 9.22.